The van der Waals surface area contributed by atoms with Crippen LogP contribution in [0, 0.1) is 0 Å². The van der Waals surface area contributed by atoms with E-state index >= 15 is 0 Å². The Morgan fingerprint density at radius 2 is 1.06 bits per heavy atom. The normalized spacial score (nSPS) is 10.4. The molecule has 0 aromatic heterocycles. The summed E-state index contributed by atoms with van der Waals surface area (Å²) in [6.45, 7) is 0. The highest BCUT2D eigenvalue weighted by Crippen LogP contribution is 2.28. The minimum Gasteiger partial charge on any atom is -0.567 e. The molecule has 0 saturated carbocycles. The summed E-state index contributed by atoms with van der Waals surface area (Å²) < 4.78 is 10.3. The number of ether oxygens (including phenoxy) is 2. The zero-order chi connectivity index (χ0) is 13.0. The van der Waals surface area contributed by atoms with Gasteiger partial charge in [0.2, 0.25) is 0 Å². The number of hydrogen-bond acceptors (Lipinski definition) is 2. The van der Waals surface area contributed by atoms with E-state index in [2.05, 4.69) is 0 Å². The number of benzene rings is 2. The van der Waals surface area contributed by atoms with Crippen molar-refractivity contribution in [1.82, 2.24) is 0 Å². The lowest BCUT2D eigenvalue weighted by molar-refractivity contribution is 0.415. The molecule has 0 unspecified atom stereocenters. The van der Waals surface area contributed by atoms with Gasteiger partial charge in [-0.25, -0.2) is 0 Å². The fourth-order valence-corrected chi connectivity index (χ4v) is 2.87. The van der Waals surface area contributed by atoms with E-state index < -0.39 is 7.80 Å². The van der Waals surface area contributed by atoms with Crippen LogP contribution in [-0.4, -0.2) is 21.8 Å². The lowest BCUT2D eigenvalue weighted by Gasteiger charge is -2.28. The first-order valence-corrected chi connectivity index (χ1v) is 6.98. The minimum atomic E-state index is -0.817. The Hall–Kier alpha value is -1.47. The SMILES string of the molecule is [B-]P(c1ccc(OC)cc1)c1ccc(OC)cc1. The third-order valence-corrected chi connectivity index (χ3v) is 4.41. The van der Waals surface area contributed by atoms with Crippen LogP contribution in [0.5, 0.6) is 11.5 Å². The second kappa shape index (κ2) is 5.93. The summed E-state index contributed by atoms with van der Waals surface area (Å²) in [6.07, 6.45) is 0. The third kappa shape index (κ3) is 2.86. The fourth-order valence-electron chi connectivity index (χ4n) is 1.63. The van der Waals surface area contributed by atoms with Crippen molar-refractivity contribution in [2.24, 2.45) is 0 Å². The van der Waals surface area contributed by atoms with E-state index in [0.29, 0.717) is 0 Å². The lowest BCUT2D eigenvalue weighted by atomic mass is 10.3. The van der Waals surface area contributed by atoms with Gasteiger partial charge in [0.05, 0.1) is 14.2 Å². The van der Waals surface area contributed by atoms with E-state index in [1.165, 1.54) is 0 Å². The third-order valence-electron chi connectivity index (χ3n) is 2.70. The van der Waals surface area contributed by atoms with Crippen LogP contribution >= 0.6 is 7.80 Å². The molecule has 2 aromatic rings. The summed E-state index contributed by atoms with van der Waals surface area (Å²) in [4.78, 5) is 0. The molecule has 0 amide bonds. The van der Waals surface area contributed by atoms with Gasteiger partial charge in [-0.2, -0.15) is 0 Å². The zero-order valence-electron chi connectivity index (χ0n) is 10.5. The first-order chi connectivity index (χ1) is 8.74. The molecule has 0 aliphatic rings. The molecule has 18 heavy (non-hydrogen) atoms. The first kappa shape index (κ1) is 13.0. The van der Waals surface area contributed by atoms with Crippen molar-refractivity contribution in [3.63, 3.8) is 0 Å². The Kier molecular flexibility index (Phi) is 4.27. The smallest absolute Gasteiger partial charge is 0.118 e. The van der Waals surface area contributed by atoms with Crippen LogP contribution in [0.4, 0.5) is 0 Å². The molecule has 0 atom stereocenters. The summed E-state index contributed by atoms with van der Waals surface area (Å²) in [5.41, 5.74) is 0. The summed E-state index contributed by atoms with van der Waals surface area (Å²) in [5.74, 6) is 1.69. The highest BCUT2D eigenvalue weighted by atomic mass is 31.1. The van der Waals surface area contributed by atoms with E-state index in [9.17, 15) is 0 Å². The standard InChI is InChI=1S/C14H14BO2P/c1-16-11-3-7-13(8-4-11)18(15)14-9-5-12(17-2)6-10-14/h3-10H,1-2H3/q-1. The molecular weight excluding hydrogens is 242 g/mol. The van der Waals surface area contributed by atoms with Crippen LogP contribution in [-0.2, 0) is 0 Å². The van der Waals surface area contributed by atoms with Crippen molar-refractivity contribution in [2.75, 3.05) is 14.2 Å². The van der Waals surface area contributed by atoms with E-state index in [1.807, 2.05) is 48.5 Å². The van der Waals surface area contributed by atoms with Crippen molar-refractivity contribution in [3.8, 4) is 11.5 Å². The van der Waals surface area contributed by atoms with Crippen LogP contribution in [0.2, 0.25) is 0 Å². The molecule has 2 rings (SSSR count). The molecule has 0 bridgehead atoms. The van der Waals surface area contributed by atoms with Crippen molar-refractivity contribution >= 4 is 26.0 Å². The van der Waals surface area contributed by atoms with Gasteiger partial charge in [-0.15, -0.1) is 0 Å². The molecule has 0 aliphatic carbocycles. The van der Waals surface area contributed by atoms with Crippen molar-refractivity contribution < 1.29 is 9.47 Å². The predicted molar refractivity (Wildman–Crippen MR) is 77.9 cm³/mol. The van der Waals surface area contributed by atoms with Crippen molar-refractivity contribution in [2.45, 2.75) is 0 Å². The molecule has 2 nitrogen and oxygen atoms in total. The van der Waals surface area contributed by atoms with Gasteiger partial charge in [0.15, 0.2) is 0 Å². The second-order valence-corrected chi connectivity index (χ2v) is 5.54. The molecule has 3 radical (unpaired) electrons. The van der Waals surface area contributed by atoms with Crippen LogP contribution < -0.4 is 20.1 Å². The number of hydrogen-bond donors (Lipinski definition) is 0. The van der Waals surface area contributed by atoms with Crippen molar-refractivity contribution in [3.05, 3.63) is 48.5 Å². The maximum atomic E-state index is 6.28. The van der Waals surface area contributed by atoms with Crippen LogP contribution in [0.15, 0.2) is 48.5 Å². The molecule has 0 saturated heterocycles. The van der Waals surface area contributed by atoms with Crippen LogP contribution in [0.1, 0.15) is 0 Å². The molecule has 0 fully saturated rings. The summed E-state index contributed by atoms with van der Waals surface area (Å²) >= 11 is 0. The number of methoxy groups -OCH3 is 2. The summed E-state index contributed by atoms with van der Waals surface area (Å²) in [7, 11) is 8.78. The average molecular weight is 256 g/mol. The van der Waals surface area contributed by atoms with Gasteiger partial charge >= 0.3 is 0 Å². The lowest BCUT2D eigenvalue weighted by Crippen LogP contribution is -2.11. The average Bonchev–Trinajstić information content (AvgIpc) is 2.47. The Bertz CT molecular complexity index is 449. The Labute approximate surface area is 110 Å². The quantitative estimate of drug-likeness (QED) is 0.616. The maximum absolute atomic E-state index is 6.28. The fraction of sp³-hybridized carbons (Fsp3) is 0.143. The van der Waals surface area contributed by atoms with Gasteiger partial charge in [0.1, 0.15) is 11.5 Å². The highest BCUT2D eigenvalue weighted by Gasteiger charge is 1.98. The van der Waals surface area contributed by atoms with Gasteiger partial charge in [-0.05, 0) is 24.3 Å². The van der Waals surface area contributed by atoms with E-state index in [-0.39, 0.29) is 0 Å². The highest BCUT2D eigenvalue weighted by molar-refractivity contribution is 7.94. The van der Waals surface area contributed by atoms with Gasteiger partial charge in [0.25, 0.3) is 0 Å². The zero-order valence-corrected chi connectivity index (χ0v) is 11.4. The van der Waals surface area contributed by atoms with Gasteiger partial charge in [-0.3, -0.25) is 0 Å². The Morgan fingerprint density at radius 3 is 1.33 bits per heavy atom. The molecular formula is C14H14BO2P-. The monoisotopic (exact) mass is 256 g/mol. The first-order valence-electron chi connectivity index (χ1n) is 5.57. The molecule has 0 heterocycles. The second-order valence-electron chi connectivity index (χ2n) is 3.77. The van der Waals surface area contributed by atoms with Gasteiger partial charge in [-0.1, -0.05) is 34.9 Å². The maximum Gasteiger partial charge on any atom is 0.118 e. The molecule has 4 heteroatoms. The van der Waals surface area contributed by atoms with Gasteiger partial charge in [0, 0.05) is 0 Å². The van der Waals surface area contributed by atoms with E-state index in [0.717, 1.165) is 22.1 Å². The predicted octanol–water partition coefficient (Wildman–Crippen LogP) is 2.22. The Balaban J connectivity index is 2.20. The Morgan fingerprint density at radius 1 is 0.722 bits per heavy atom. The van der Waals surface area contributed by atoms with Crippen LogP contribution in [0.25, 0.3) is 0 Å². The van der Waals surface area contributed by atoms with Gasteiger partial charge < -0.3 is 24.8 Å². The molecule has 0 N–H and O–H groups in total. The summed E-state index contributed by atoms with van der Waals surface area (Å²) in [5, 5.41) is 2.24. The van der Waals surface area contributed by atoms with Crippen LogP contribution in [0.3, 0.4) is 0 Å². The molecule has 91 valence electrons. The minimum absolute atomic E-state index is 0.817. The molecule has 2 aromatic carbocycles. The molecule has 0 spiro atoms. The van der Waals surface area contributed by atoms with E-state index in [1.54, 1.807) is 14.2 Å². The van der Waals surface area contributed by atoms with Crippen molar-refractivity contribution in [1.29, 1.82) is 0 Å². The van der Waals surface area contributed by atoms with E-state index in [4.69, 9.17) is 17.0 Å². The molecule has 0 aliphatic heterocycles. The summed E-state index contributed by atoms with van der Waals surface area (Å²) in [6, 6.07) is 15.8. The topological polar surface area (TPSA) is 18.5 Å². The largest absolute Gasteiger partial charge is 0.567 e. The number of rotatable bonds is 4.